The summed E-state index contributed by atoms with van der Waals surface area (Å²) in [7, 11) is 0. The number of nitrogens with two attached hydrogens (primary N) is 1. The van der Waals surface area contributed by atoms with Gasteiger partial charge < -0.3 is 15.2 Å². The average molecular weight is 585 g/mol. The molecule has 4 nitrogen and oxygen atoms in total. The minimum Gasteiger partial charge on any atom is -0.489 e. The Morgan fingerprint density at radius 3 is 2.50 bits per heavy atom. The Bertz CT molecular complexity index is 1490. The molecule has 0 amide bonds. The summed E-state index contributed by atoms with van der Waals surface area (Å²) in [5, 5.41) is 0. The van der Waals surface area contributed by atoms with Crippen LogP contribution in [0, 0.1) is 0 Å². The van der Waals surface area contributed by atoms with Crippen LogP contribution in [0.4, 0.5) is 27.6 Å². The molecule has 1 fully saturated rings. The first-order valence-electron chi connectivity index (χ1n) is 14.4. The molecular formula is C33H33F5N2O2. The highest BCUT2D eigenvalue weighted by molar-refractivity contribution is 6.00. The van der Waals surface area contributed by atoms with Gasteiger partial charge in [-0.05, 0) is 95.8 Å². The first kappa shape index (κ1) is 28.5. The lowest BCUT2D eigenvalue weighted by Crippen LogP contribution is -2.49. The van der Waals surface area contributed by atoms with Gasteiger partial charge in [-0.15, -0.1) is 0 Å². The molecule has 3 aromatic carbocycles. The molecule has 42 heavy (non-hydrogen) atoms. The number of anilines is 1. The van der Waals surface area contributed by atoms with Crippen LogP contribution in [-0.4, -0.2) is 49.3 Å². The number of halogens is 5. The van der Waals surface area contributed by atoms with Crippen LogP contribution in [0.25, 0.3) is 11.1 Å². The number of hydrogen-bond donors (Lipinski definition) is 1. The lowest BCUT2D eigenvalue weighted by atomic mass is 9.87. The Balaban J connectivity index is 1.36. The molecule has 1 atom stereocenters. The molecule has 1 unspecified atom stereocenters. The normalized spacial score (nSPS) is 21.3. The van der Waals surface area contributed by atoms with Crippen LogP contribution in [0.2, 0.25) is 0 Å². The van der Waals surface area contributed by atoms with E-state index in [2.05, 4.69) is 9.64 Å². The number of fused-ring (bicyclic) bond motifs is 2. The SMILES string of the molecule is Nc1ccc2c(c1)CCCC(c1ccc3c(c1)OC(F)(F)C(F)(F)C3)=C2c1ccc(OC2CCN(CCCF)C2)cc1. The largest absolute Gasteiger partial charge is 0.489 e. The molecule has 2 aliphatic heterocycles. The third-order valence-electron chi connectivity index (χ3n) is 8.35. The molecule has 0 aromatic heterocycles. The number of benzene rings is 3. The van der Waals surface area contributed by atoms with E-state index < -0.39 is 18.5 Å². The predicted molar refractivity (Wildman–Crippen MR) is 153 cm³/mol. The number of ether oxygens (including phenoxy) is 2. The van der Waals surface area contributed by atoms with Crippen molar-refractivity contribution in [3.05, 3.63) is 88.5 Å². The van der Waals surface area contributed by atoms with Crippen molar-refractivity contribution in [1.82, 2.24) is 4.90 Å². The highest BCUT2D eigenvalue weighted by Crippen LogP contribution is 2.47. The second kappa shape index (κ2) is 11.2. The van der Waals surface area contributed by atoms with Gasteiger partial charge in [-0.2, -0.15) is 17.6 Å². The summed E-state index contributed by atoms with van der Waals surface area (Å²) in [4.78, 5) is 2.21. The molecule has 6 rings (SSSR count). The zero-order valence-electron chi connectivity index (χ0n) is 23.2. The second-order valence-corrected chi connectivity index (χ2v) is 11.3. The quantitative estimate of drug-likeness (QED) is 0.230. The predicted octanol–water partition coefficient (Wildman–Crippen LogP) is 7.54. The molecule has 9 heteroatoms. The van der Waals surface area contributed by atoms with Gasteiger partial charge in [-0.25, -0.2) is 0 Å². The van der Waals surface area contributed by atoms with Gasteiger partial charge in [-0.1, -0.05) is 30.3 Å². The Morgan fingerprint density at radius 1 is 0.929 bits per heavy atom. The van der Waals surface area contributed by atoms with Gasteiger partial charge in [0.25, 0.3) is 0 Å². The molecule has 0 bridgehead atoms. The van der Waals surface area contributed by atoms with E-state index in [0.717, 1.165) is 72.5 Å². The van der Waals surface area contributed by atoms with E-state index in [9.17, 15) is 22.0 Å². The standard InChI is InChI=1S/C33H33F5N2O2/c34-14-2-15-40-16-13-27(20-40)41-26-10-7-21(8-11-26)31-28(4-1-3-22-17-25(39)9-12-29(22)31)23-5-6-24-19-32(35,36)33(37,38)42-30(24)18-23/h5-12,17-18,27H,1-4,13-16,19-20,39H2. The Morgan fingerprint density at radius 2 is 1.71 bits per heavy atom. The van der Waals surface area contributed by atoms with Gasteiger partial charge in [-0.3, -0.25) is 9.29 Å². The van der Waals surface area contributed by atoms with Crippen molar-refractivity contribution >= 4 is 16.8 Å². The number of rotatable bonds is 7. The number of likely N-dealkylation sites (tertiary alicyclic amines) is 1. The summed E-state index contributed by atoms with van der Waals surface area (Å²) in [5.41, 5.74) is 12.3. The fourth-order valence-electron chi connectivity index (χ4n) is 6.24. The van der Waals surface area contributed by atoms with E-state index in [1.54, 1.807) is 6.07 Å². The summed E-state index contributed by atoms with van der Waals surface area (Å²) in [6.07, 6.45) is -2.01. The van der Waals surface area contributed by atoms with Crippen molar-refractivity contribution in [3.8, 4) is 11.5 Å². The molecular weight excluding hydrogens is 551 g/mol. The molecule has 222 valence electrons. The van der Waals surface area contributed by atoms with E-state index >= 15 is 0 Å². The highest BCUT2D eigenvalue weighted by atomic mass is 19.3. The van der Waals surface area contributed by atoms with Gasteiger partial charge in [0.1, 0.15) is 17.6 Å². The summed E-state index contributed by atoms with van der Waals surface area (Å²) in [5.74, 6) is -3.77. The van der Waals surface area contributed by atoms with E-state index in [0.29, 0.717) is 24.1 Å². The average Bonchev–Trinajstić information content (AvgIpc) is 3.31. The lowest BCUT2D eigenvalue weighted by molar-refractivity contribution is -0.316. The van der Waals surface area contributed by atoms with Gasteiger partial charge in [0.2, 0.25) is 0 Å². The van der Waals surface area contributed by atoms with Crippen molar-refractivity contribution in [3.63, 3.8) is 0 Å². The molecule has 0 spiro atoms. The molecule has 1 saturated heterocycles. The summed E-state index contributed by atoms with van der Waals surface area (Å²) < 4.78 is 79.5. The Kier molecular flexibility index (Phi) is 7.64. The maximum Gasteiger partial charge on any atom is 0.464 e. The zero-order chi connectivity index (χ0) is 29.5. The van der Waals surface area contributed by atoms with Crippen LogP contribution >= 0.6 is 0 Å². The summed E-state index contributed by atoms with van der Waals surface area (Å²) in [6, 6.07) is 18.2. The molecule has 1 aliphatic carbocycles. The van der Waals surface area contributed by atoms with Crippen molar-refractivity contribution < 1.29 is 31.4 Å². The Labute approximate surface area is 241 Å². The van der Waals surface area contributed by atoms with Crippen molar-refractivity contribution in [1.29, 1.82) is 0 Å². The van der Waals surface area contributed by atoms with Gasteiger partial charge >= 0.3 is 12.0 Å². The number of allylic oxidation sites excluding steroid dienone is 1. The molecule has 0 saturated carbocycles. The maximum absolute atomic E-state index is 14.1. The monoisotopic (exact) mass is 584 g/mol. The topological polar surface area (TPSA) is 47.7 Å². The van der Waals surface area contributed by atoms with E-state index in [-0.39, 0.29) is 24.1 Å². The number of hydrogen-bond acceptors (Lipinski definition) is 4. The molecule has 0 radical (unpaired) electrons. The van der Waals surface area contributed by atoms with Crippen molar-refractivity contribution in [2.24, 2.45) is 0 Å². The van der Waals surface area contributed by atoms with Crippen LogP contribution in [0.5, 0.6) is 11.5 Å². The summed E-state index contributed by atoms with van der Waals surface area (Å²) in [6.45, 7) is 2.05. The van der Waals surface area contributed by atoms with E-state index in [1.165, 1.54) is 12.1 Å². The minimum absolute atomic E-state index is 0.0350. The highest BCUT2D eigenvalue weighted by Gasteiger charge is 2.62. The number of nitrogen functional groups attached to an aromatic ring is 1. The molecule has 2 N–H and O–H groups in total. The van der Waals surface area contributed by atoms with Crippen LogP contribution in [-0.2, 0) is 12.8 Å². The zero-order valence-corrected chi connectivity index (χ0v) is 23.2. The van der Waals surface area contributed by atoms with Crippen LogP contribution < -0.4 is 15.2 Å². The van der Waals surface area contributed by atoms with Gasteiger partial charge in [0.15, 0.2) is 0 Å². The number of alkyl halides is 5. The first-order valence-corrected chi connectivity index (χ1v) is 14.4. The third kappa shape index (κ3) is 5.59. The van der Waals surface area contributed by atoms with Crippen LogP contribution in [0.1, 0.15) is 53.5 Å². The van der Waals surface area contributed by atoms with Gasteiger partial charge in [0.05, 0.1) is 13.1 Å². The lowest BCUT2D eigenvalue weighted by Gasteiger charge is -2.32. The summed E-state index contributed by atoms with van der Waals surface area (Å²) >= 11 is 0. The third-order valence-corrected chi connectivity index (χ3v) is 8.35. The number of nitrogens with zero attached hydrogens (tertiary/aromatic N) is 1. The van der Waals surface area contributed by atoms with Crippen molar-refractivity contribution in [2.75, 3.05) is 32.0 Å². The molecule has 3 aromatic rings. The number of aryl methyl sites for hydroxylation is 1. The minimum atomic E-state index is -4.58. The molecule has 2 heterocycles. The van der Waals surface area contributed by atoms with Crippen LogP contribution in [0.3, 0.4) is 0 Å². The maximum atomic E-state index is 14.1. The van der Waals surface area contributed by atoms with Gasteiger partial charge in [0, 0.05) is 30.9 Å². The van der Waals surface area contributed by atoms with E-state index in [1.807, 2.05) is 42.5 Å². The first-order chi connectivity index (χ1) is 20.1. The second-order valence-electron chi connectivity index (χ2n) is 11.3. The molecule has 3 aliphatic rings. The Hall–Kier alpha value is -3.59. The van der Waals surface area contributed by atoms with Crippen molar-refractivity contribution in [2.45, 2.75) is 56.7 Å². The van der Waals surface area contributed by atoms with E-state index in [4.69, 9.17) is 10.5 Å². The smallest absolute Gasteiger partial charge is 0.464 e. The fraction of sp³-hybridized carbons (Fsp3) is 0.394. The van der Waals surface area contributed by atoms with Crippen LogP contribution in [0.15, 0.2) is 60.7 Å². The fourth-order valence-corrected chi connectivity index (χ4v) is 6.24.